The molecule has 0 fully saturated rings. The number of anilines is 1. The van der Waals surface area contributed by atoms with Crippen molar-refractivity contribution < 1.29 is 4.79 Å². The molecule has 2 rings (SSSR count). The topological polar surface area (TPSA) is 43.1 Å². The van der Waals surface area contributed by atoms with Crippen molar-refractivity contribution in [2.24, 2.45) is 0 Å². The maximum atomic E-state index is 12.0. The average molecular weight is 294 g/mol. The molecule has 4 heteroatoms. The Morgan fingerprint density at radius 2 is 1.53 bits per heavy atom. The molecule has 0 aliphatic carbocycles. The van der Waals surface area contributed by atoms with Crippen molar-refractivity contribution in [2.75, 3.05) is 5.73 Å². The summed E-state index contributed by atoms with van der Waals surface area (Å²) in [5.74, 6) is 0.0692. The van der Waals surface area contributed by atoms with Crippen molar-refractivity contribution in [1.29, 1.82) is 0 Å². The van der Waals surface area contributed by atoms with Gasteiger partial charge in [0.1, 0.15) is 5.78 Å². The fourth-order valence-corrected chi connectivity index (χ4v) is 2.36. The van der Waals surface area contributed by atoms with Gasteiger partial charge in [-0.2, -0.15) is 0 Å². The van der Waals surface area contributed by atoms with Crippen LogP contribution in [0, 0.1) is 0 Å². The number of benzene rings is 2. The van der Waals surface area contributed by atoms with E-state index in [-0.39, 0.29) is 12.2 Å². The second kappa shape index (κ2) is 6.09. The minimum absolute atomic E-state index is 0.0692. The van der Waals surface area contributed by atoms with Crippen molar-refractivity contribution >= 4 is 34.7 Å². The van der Waals surface area contributed by atoms with E-state index in [4.69, 9.17) is 28.9 Å². The zero-order valence-electron chi connectivity index (χ0n) is 10.2. The van der Waals surface area contributed by atoms with Gasteiger partial charge in [0.25, 0.3) is 0 Å². The molecule has 2 nitrogen and oxygen atoms in total. The molecule has 0 aliphatic heterocycles. The van der Waals surface area contributed by atoms with Crippen LogP contribution in [-0.4, -0.2) is 5.78 Å². The zero-order chi connectivity index (χ0) is 13.8. The van der Waals surface area contributed by atoms with Gasteiger partial charge in [-0.1, -0.05) is 41.4 Å². The summed E-state index contributed by atoms with van der Waals surface area (Å²) < 4.78 is 0. The Balaban J connectivity index is 2.07. The molecule has 0 amide bonds. The second-order valence-corrected chi connectivity index (χ2v) is 5.15. The number of carbonyl (C=O) groups is 1. The molecule has 0 radical (unpaired) electrons. The van der Waals surface area contributed by atoms with Gasteiger partial charge in [-0.15, -0.1) is 0 Å². The van der Waals surface area contributed by atoms with E-state index in [0.29, 0.717) is 27.7 Å². The second-order valence-electron chi connectivity index (χ2n) is 4.33. The van der Waals surface area contributed by atoms with Crippen LogP contribution in [-0.2, 0) is 17.6 Å². The van der Waals surface area contributed by atoms with E-state index in [1.165, 1.54) is 0 Å². The largest absolute Gasteiger partial charge is 0.399 e. The van der Waals surface area contributed by atoms with Crippen molar-refractivity contribution in [1.82, 2.24) is 0 Å². The number of nitrogens with two attached hydrogens (primary N) is 1. The molecule has 0 aliphatic rings. The van der Waals surface area contributed by atoms with E-state index in [1.54, 1.807) is 30.3 Å². The Morgan fingerprint density at radius 1 is 0.947 bits per heavy atom. The molecule has 0 unspecified atom stereocenters. The third kappa shape index (κ3) is 3.72. The molecule has 2 N–H and O–H groups in total. The molecule has 0 bridgehead atoms. The predicted octanol–water partition coefficient (Wildman–Crippen LogP) is 3.93. The van der Waals surface area contributed by atoms with Crippen molar-refractivity contribution in [2.45, 2.75) is 12.8 Å². The molecule has 0 saturated heterocycles. The van der Waals surface area contributed by atoms with E-state index < -0.39 is 0 Å². The van der Waals surface area contributed by atoms with Crippen molar-refractivity contribution in [3.63, 3.8) is 0 Å². The highest BCUT2D eigenvalue weighted by Gasteiger charge is 2.11. The van der Waals surface area contributed by atoms with E-state index in [2.05, 4.69) is 0 Å². The molecule has 0 heterocycles. The number of ketones is 1. The number of Topliss-reactive ketones (excluding diaryl/α,β-unsaturated/α-hetero) is 1. The van der Waals surface area contributed by atoms with Crippen LogP contribution in [0.15, 0.2) is 42.5 Å². The minimum Gasteiger partial charge on any atom is -0.399 e. The lowest BCUT2D eigenvalue weighted by Gasteiger charge is -2.06. The van der Waals surface area contributed by atoms with E-state index in [1.807, 2.05) is 12.1 Å². The smallest absolute Gasteiger partial charge is 0.141 e. The van der Waals surface area contributed by atoms with E-state index in [0.717, 1.165) is 5.56 Å². The summed E-state index contributed by atoms with van der Waals surface area (Å²) in [6, 6.07) is 12.5. The van der Waals surface area contributed by atoms with Gasteiger partial charge in [-0.3, -0.25) is 4.79 Å². The van der Waals surface area contributed by atoms with Crippen LogP contribution >= 0.6 is 23.2 Å². The van der Waals surface area contributed by atoms with Gasteiger partial charge in [0, 0.05) is 28.6 Å². The summed E-state index contributed by atoms with van der Waals surface area (Å²) in [4.78, 5) is 12.0. The first-order chi connectivity index (χ1) is 9.06. The molecular weight excluding hydrogens is 281 g/mol. The number of hydrogen-bond acceptors (Lipinski definition) is 2. The molecule has 2 aromatic carbocycles. The Kier molecular flexibility index (Phi) is 4.46. The lowest BCUT2D eigenvalue weighted by molar-refractivity contribution is -0.117. The Bertz CT molecular complexity index is 573. The molecule has 0 aromatic heterocycles. The lowest BCUT2D eigenvalue weighted by atomic mass is 10.0. The maximum Gasteiger partial charge on any atom is 0.141 e. The van der Waals surface area contributed by atoms with Crippen LogP contribution in [0.1, 0.15) is 11.1 Å². The summed E-state index contributed by atoms with van der Waals surface area (Å²) in [5, 5.41) is 1.05. The average Bonchev–Trinajstić information content (AvgIpc) is 2.37. The fraction of sp³-hybridized carbons (Fsp3) is 0.133. The van der Waals surface area contributed by atoms with Gasteiger partial charge >= 0.3 is 0 Å². The maximum absolute atomic E-state index is 12.0. The predicted molar refractivity (Wildman–Crippen MR) is 79.7 cm³/mol. The van der Waals surface area contributed by atoms with Gasteiger partial charge in [-0.25, -0.2) is 0 Å². The van der Waals surface area contributed by atoms with Gasteiger partial charge in [-0.05, 0) is 35.4 Å². The van der Waals surface area contributed by atoms with Crippen LogP contribution < -0.4 is 5.73 Å². The standard InChI is InChI=1S/C15H13Cl2NO/c16-14-2-1-3-15(17)13(14)9-12(19)8-10-4-6-11(18)7-5-10/h1-7H,8-9,18H2. The van der Waals surface area contributed by atoms with Gasteiger partial charge in [0.2, 0.25) is 0 Å². The van der Waals surface area contributed by atoms with E-state index in [9.17, 15) is 4.79 Å². The van der Waals surface area contributed by atoms with Crippen molar-refractivity contribution in [3.05, 3.63) is 63.6 Å². The van der Waals surface area contributed by atoms with Crippen LogP contribution in [0.2, 0.25) is 10.0 Å². The Labute approximate surface area is 122 Å². The number of hydrogen-bond donors (Lipinski definition) is 1. The highest BCUT2D eigenvalue weighted by molar-refractivity contribution is 6.36. The molecule has 19 heavy (non-hydrogen) atoms. The third-order valence-electron chi connectivity index (χ3n) is 2.82. The van der Waals surface area contributed by atoms with E-state index >= 15 is 0 Å². The first-order valence-corrected chi connectivity index (χ1v) is 6.61. The molecule has 0 spiro atoms. The molecule has 98 valence electrons. The summed E-state index contributed by atoms with van der Waals surface area (Å²) in [6.45, 7) is 0. The quantitative estimate of drug-likeness (QED) is 0.868. The SMILES string of the molecule is Nc1ccc(CC(=O)Cc2c(Cl)cccc2Cl)cc1. The number of rotatable bonds is 4. The molecule has 2 aromatic rings. The molecule has 0 atom stereocenters. The third-order valence-corrected chi connectivity index (χ3v) is 3.52. The lowest BCUT2D eigenvalue weighted by Crippen LogP contribution is -2.07. The van der Waals surface area contributed by atoms with Crippen LogP contribution in [0.4, 0.5) is 5.69 Å². The van der Waals surface area contributed by atoms with Gasteiger partial charge < -0.3 is 5.73 Å². The Morgan fingerprint density at radius 3 is 2.11 bits per heavy atom. The number of carbonyl (C=O) groups excluding carboxylic acids is 1. The first kappa shape index (κ1) is 13.9. The summed E-state index contributed by atoms with van der Waals surface area (Å²) in [6.07, 6.45) is 0.588. The number of nitrogen functional groups attached to an aromatic ring is 1. The highest BCUT2D eigenvalue weighted by atomic mass is 35.5. The summed E-state index contributed by atoms with van der Waals surface area (Å²) in [7, 11) is 0. The van der Waals surface area contributed by atoms with Gasteiger partial charge in [0.05, 0.1) is 0 Å². The summed E-state index contributed by atoms with van der Waals surface area (Å²) >= 11 is 12.1. The van der Waals surface area contributed by atoms with Crippen LogP contribution in [0.25, 0.3) is 0 Å². The van der Waals surface area contributed by atoms with Crippen LogP contribution in [0.3, 0.4) is 0 Å². The molecule has 0 saturated carbocycles. The van der Waals surface area contributed by atoms with Crippen LogP contribution in [0.5, 0.6) is 0 Å². The van der Waals surface area contributed by atoms with Crippen molar-refractivity contribution in [3.8, 4) is 0 Å². The first-order valence-electron chi connectivity index (χ1n) is 5.85. The highest BCUT2D eigenvalue weighted by Crippen LogP contribution is 2.25. The monoisotopic (exact) mass is 293 g/mol. The molecular formula is C15H13Cl2NO. The number of halogens is 2. The summed E-state index contributed by atoms with van der Waals surface area (Å²) in [5.41, 5.74) is 7.91. The fourth-order valence-electron chi connectivity index (χ4n) is 1.82. The minimum atomic E-state index is 0.0692. The zero-order valence-corrected chi connectivity index (χ0v) is 11.7. The Hall–Kier alpha value is -1.51. The van der Waals surface area contributed by atoms with Gasteiger partial charge in [0.15, 0.2) is 0 Å². The normalized spacial score (nSPS) is 10.4.